The van der Waals surface area contributed by atoms with Crippen molar-refractivity contribution in [2.24, 2.45) is 0 Å². The van der Waals surface area contributed by atoms with E-state index in [0.29, 0.717) is 28.2 Å². The Balaban J connectivity index is 1.73. The smallest absolute Gasteiger partial charge is 0.166 e. The Kier molecular flexibility index (Phi) is 3.35. The van der Waals surface area contributed by atoms with Gasteiger partial charge in [-0.3, -0.25) is 4.79 Å². The average molecular weight is 374 g/mol. The first-order valence-corrected chi connectivity index (χ1v) is 8.62. The molecule has 5 aromatic rings. The third kappa shape index (κ3) is 2.24. The molecule has 8 heteroatoms. The summed E-state index contributed by atoms with van der Waals surface area (Å²) in [4.78, 5) is 18.9. The molecule has 138 valence electrons. The van der Waals surface area contributed by atoms with E-state index >= 15 is 0 Å². The number of benzene rings is 2. The van der Waals surface area contributed by atoms with Gasteiger partial charge in [0, 0.05) is 11.5 Å². The minimum Gasteiger partial charge on any atom is -0.382 e. The van der Waals surface area contributed by atoms with Crippen molar-refractivity contribution in [3.63, 3.8) is 0 Å². The van der Waals surface area contributed by atoms with Gasteiger partial charge in [-0.15, -0.1) is 0 Å². The Morgan fingerprint density at radius 1 is 1.18 bits per heavy atom. The summed E-state index contributed by atoms with van der Waals surface area (Å²) < 4.78 is 17.8. The van der Waals surface area contributed by atoms with E-state index in [1.807, 2.05) is 24.3 Å². The molecule has 28 heavy (non-hydrogen) atoms. The quantitative estimate of drug-likeness (QED) is 0.472. The number of anilines is 1. The minimum absolute atomic E-state index is 0.187. The highest BCUT2D eigenvalue weighted by atomic mass is 19.1. The fraction of sp³-hybridized carbons (Fsp3) is 0.0500. The number of hydrogen-bond donors (Lipinski definition) is 2. The molecule has 0 radical (unpaired) electrons. The predicted octanol–water partition coefficient (Wildman–Crippen LogP) is 3.53. The van der Waals surface area contributed by atoms with Crippen molar-refractivity contribution in [2.45, 2.75) is 6.92 Å². The summed E-state index contributed by atoms with van der Waals surface area (Å²) in [7, 11) is 0. The summed E-state index contributed by atoms with van der Waals surface area (Å²) in [6.45, 7) is 1.80. The molecule has 0 aliphatic rings. The van der Waals surface area contributed by atoms with Gasteiger partial charge in [0.2, 0.25) is 0 Å². The van der Waals surface area contributed by atoms with Crippen molar-refractivity contribution in [2.75, 3.05) is 5.73 Å². The molecule has 0 fully saturated rings. The Labute approximate surface area is 158 Å². The first kappa shape index (κ1) is 16.2. The van der Waals surface area contributed by atoms with Crippen LogP contribution < -0.4 is 5.73 Å². The standard InChI is InChI=1S/C20H15FN6O/c1-11-24-15-7-14(21)18(8-16(15)25-11)27-20(22)19(9-23-27)26-13(10-28)6-12-4-2-3-5-17(12)26/h2-10H,22H2,1H3,(H,24,25). The molecule has 5 rings (SSSR count). The number of fused-ring (bicyclic) bond motifs is 2. The highest BCUT2D eigenvalue weighted by molar-refractivity contribution is 5.91. The lowest BCUT2D eigenvalue weighted by Gasteiger charge is -2.09. The topological polar surface area (TPSA) is 94.5 Å². The maximum atomic E-state index is 14.7. The van der Waals surface area contributed by atoms with Crippen LogP contribution in [0.5, 0.6) is 0 Å². The van der Waals surface area contributed by atoms with Gasteiger partial charge in [0.15, 0.2) is 17.9 Å². The number of rotatable bonds is 3. The number of nitrogen functional groups attached to an aromatic ring is 1. The highest BCUT2D eigenvalue weighted by Crippen LogP contribution is 2.29. The summed E-state index contributed by atoms with van der Waals surface area (Å²) in [6, 6.07) is 12.3. The number of aldehydes is 1. The van der Waals surface area contributed by atoms with E-state index < -0.39 is 5.82 Å². The number of nitrogens with zero attached hydrogens (tertiary/aromatic N) is 4. The summed E-state index contributed by atoms with van der Waals surface area (Å²) in [5, 5.41) is 5.17. The van der Waals surface area contributed by atoms with Gasteiger partial charge in [0.1, 0.15) is 17.2 Å². The molecule has 3 N–H and O–H groups in total. The molecule has 0 amide bonds. The third-order valence-electron chi connectivity index (χ3n) is 4.78. The van der Waals surface area contributed by atoms with E-state index in [1.54, 1.807) is 23.6 Å². The van der Waals surface area contributed by atoms with Crippen molar-refractivity contribution in [1.29, 1.82) is 0 Å². The molecular formula is C20H15FN6O. The number of aromatic nitrogens is 5. The number of hydrogen-bond acceptors (Lipinski definition) is 4. The molecule has 3 heterocycles. The second kappa shape index (κ2) is 5.78. The van der Waals surface area contributed by atoms with Gasteiger partial charge in [0.05, 0.1) is 28.4 Å². The fourth-order valence-corrected chi connectivity index (χ4v) is 3.55. The fourth-order valence-electron chi connectivity index (χ4n) is 3.55. The second-order valence-corrected chi connectivity index (χ2v) is 6.55. The molecule has 0 spiro atoms. The molecule has 2 aromatic carbocycles. The van der Waals surface area contributed by atoms with Crippen LogP contribution in [0.2, 0.25) is 0 Å². The van der Waals surface area contributed by atoms with Crippen LogP contribution in [0.1, 0.15) is 16.3 Å². The van der Waals surface area contributed by atoms with E-state index in [9.17, 15) is 9.18 Å². The molecule has 0 unspecified atom stereocenters. The minimum atomic E-state index is -0.481. The lowest BCUT2D eigenvalue weighted by atomic mass is 10.2. The number of nitrogens with one attached hydrogen (secondary N) is 1. The zero-order valence-corrected chi connectivity index (χ0v) is 14.8. The zero-order chi connectivity index (χ0) is 19.4. The van der Waals surface area contributed by atoms with Gasteiger partial charge < -0.3 is 15.3 Å². The van der Waals surface area contributed by atoms with Crippen molar-refractivity contribution in [3.05, 3.63) is 66.0 Å². The van der Waals surface area contributed by atoms with Gasteiger partial charge in [-0.1, -0.05) is 18.2 Å². The summed E-state index contributed by atoms with van der Waals surface area (Å²) in [5.74, 6) is 0.426. The molecule has 0 aliphatic heterocycles. The van der Waals surface area contributed by atoms with E-state index in [2.05, 4.69) is 15.1 Å². The van der Waals surface area contributed by atoms with Crippen molar-refractivity contribution < 1.29 is 9.18 Å². The first-order chi connectivity index (χ1) is 13.6. The van der Waals surface area contributed by atoms with Gasteiger partial charge in [-0.2, -0.15) is 5.10 Å². The number of para-hydroxylation sites is 1. The molecule has 7 nitrogen and oxygen atoms in total. The Morgan fingerprint density at radius 2 is 2.00 bits per heavy atom. The number of carbonyl (C=O) groups excluding carboxylic acids is 1. The van der Waals surface area contributed by atoms with Crippen LogP contribution in [-0.2, 0) is 0 Å². The number of nitrogens with two attached hydrogens (primary N) is 1. The third-order valence-corrected chi connectivity index (χ3v) is 4.78. The summed E-state index contributed by atoms with van der Waals surface area (Å²) >= 11 is 0. The average Bonchev–Trinajstić information content (AvgIpc) is 3.34. The van der Waals surface area contributed by atoms with Crippen LogP contribution in [0.25, 0.3) is 33.3 Å². The van der Waals surface area contributed by atoms with E-state index in [1.165, 1.54) is 16.9 Å². The van der Waals surface area contributed by atoms with Crippen LogP contribution in [-0.4, -0.2) is 30.6 Å². The highest BCUT2D eigenvalue weighted by Gasteiger charge is 2.19. The van der Waals surface area contributed by atoms with Gasteiger partial charge in [0.25, 0.3) is 0 Å². The van der Waals surface area contributed by atoms with Crippen LogP contribution in [0, 0.1) is 12.7 Å². The molecule has 3 aromatic heterocycles. The maximum Gasteiger partial charge on any atom is 0.166 e. The number of carbonyl (C=O) groups is 1. The monoisotopic (exact) mass is 374 g/mol. The summed E-state index contributed by atoms with van der Waals surface area (Å²) in [6.07, 6.45) is 2.28. The number of aryl methyl sites for hydroxylation is 1. The molecule has 0 atom stereocenters. The SMILES string of the molecule is Cc1nc2cc(-n3ncc(-n4c(C=O)cc5ccccc54)c3N)c(F)cc2[nH]1. The van der Waals surface area contributed by atoms with E-state index in [-0.39, 0.29) is 11.5 Å². The largest absolute Gasteiger partial charge is 0.382 e. The van der Waals surface area contributed by atoms with Crippen LogP contribution in [0.15, 0.2) is 48.7 Å². The Bertz CT molecular complexity index is 1380. The van der Waals surface area contributed by atoms with Crippen molar-refractivity contribution in [3.8, 4) is 11.4 Å². The number of imidazole rings is 1. The zero-order valence-electron chi connectivity index (χ0n) is 14.8. The predicted molar refractivity (Wildman–Crippen MR) is 105 cm³/mol. The molecule has 0 bridgehead atoms. The number of H-pyrrole nitrogens is 1. The van der Waals surface area contributed by atoms with Gasteiger partial charge in [-0.05, 0) is 25.1 Å². The molecule has 0 saturated heterocycles. The van der Waals surface area contributed by atoms with Crippen LogP contribution in [0.4, 0.5) is 10.2 Å². The molecule has 0 saturated carbocycles. The normalized spacial score (nSPS) is 11.5. The van der Waals surface area contributed by atoms with Crippen LogP contribution >= 0.6 is 0 Å². The van der Waals surface area contributed by atoms with E-state index in [0.717, 1.165) is 17.2 Å². The Morgan fingerprint density at radius 3 is 2.82 bits per heavy atom. The number of aromatic amines is 1. The second-order valence-electron chi connectivity index (χ2n) is 6.55. The number of halogens is 1. The van der Waals surface area contributed by atoms with Gasteiger partial charge >= 0.3 is 0 Å². The maximum absolute atomic E-state index is 14.7. The Hall–Kier alpha value is -3.94. The summed E-state index contributed by atoms with van der Waals surface area (Å²) in [5.41, 5.74) is 9.48. The molecular weight excluding hydrogens is 359 g/mol. The van der Waals surface area contributed by atoms with Crippen molar-refractivity contribution >= 4 is 34.0 Å². The van der Waals surface area contributed by atoms with Crippen LogP contribution in [0.3, 0.4) is 0 Å². The lowest BCUT2D eigenvalue weighted by Crippen LogP contribution is -2.07. The lowest BCUT2D eigenvalue weighted by molar-refractivity contribution is 0.111. The van der Waals surface area contributed by atoms with E-state index in [4.69, 9.17) is 5.73 Å². The van der Waals surface area contributed by atoms with Crippen molar-refractivity contribution in [1.82, 2.24) is 24.3 Å². The first-order valence-electron chi connectivity index (χ1n) is 8.62. The molecule has 0 aliphatic carbocycles. The van der Waals surface area contributed by atoms with Gasteiger partial charge in [-0.25, -0.2) is 14.1 Å².